The molecule has 108 valence electrons. The molecular weight excluding hydrogens is 268 g/mol. The van der Waals surface area contributed by atoms with Crippen molar-refractivity contribution >= 4 is 23.8 Å². The molecule has 9 nitrogen and oxygen atoms in total. The molecule has 1 aromatic heterocycles. The number of amides is 2. The van der Waals surface area contributed by atoms with Crippen LogP contribution < -0.4 is 10.6 Å². The first-order valence-corrected chi connectivity index (χ1v) is 5.68. The first-order valence-electron chi connectivity index (χ1n) is 5.68. The van der Waals surface area contributed by atoms with Crippen molar-refractivity contribution in [2.75, 3.05) is 25.6 Å². The van der Waals surface area contributed by atoms with Gasteiger partial charge in [-0.25, -0.2) is 19.6 Å². The Bertz CT molecular complexity index is 505. The number of nitrogens with zero attached hydrogens (tertiary/aromatic N) is 2. The molecule has 0 atom stereocenters. The van der Waals surface area contributed by atoms with Crippen LogP contribution in [0.4, 0.5) is 10.6 Å². The van der Waals surface area contributed by atoms with Crippen molar-refractivity contribution in [3.05, 3.63) is 18.1 Å². The smallest absolute Gasteiger partial charge is 0.360 e. The first kappa shape index (κ1) is 15.3. The summed E-state index contributed by atoms with van der Waals surface area (Å²) in [5, 5.41) is 4.55. The summed E-state index contributed by atoms with van der Waals surface area (Å²) in [5.41, 5.74) is -0.138. The number of ether oxygens (including phenoxy) is 2. The van der Waals surface area contributed by atoms with E-state index in [1.165, 1.54) is 19.5 Å². The Morgan fingerprint density at radius 2 is 1.95 bits per heavy atom. The molecule has 0 spiro atoms. The van der Waals surface area contributed by atoms with Gasteiger partial charge in [0, 0.05) is 12.4 Å². The van der Waals surface area contributed by atoms with Gasteiger partial charge in [-0.2, -0.15) is 0 Å². The van der Waals surface area contributed by atoms with Gasteiger partial charge in [0.05, 0.1) is 13.7 Å². The van der Waals surface area contributed by atoms with Crippen LogP contribution in [0.25, 0.3) is 0 Å². The number of methoxy groups -OCH3 is 1. The molecule has 9 heteroatoms. The van der Waals surface area contributed by atoms with E-state index < -0.39 is 18.0 Å². The highest BCUT2D eigenvalue weighted by Crippen LogP contribution is 2.08. The highest BCUT2D eigenvalue weighted by molar-refractivity contribution is 5.98. The predicted molar refractivity (Wildman–Crippen MR) is 67.0 cm³/mol. The third-order valence-corrected chi connectivity index (χ3v) is 2.01. The third-order valence-electron chi connectivity index (χ3n) is 2.01. The molecule has 0 aromatic carbocycles. The van der Waals surface area contributed by atoms with Crippen molar-refractivity contribution in [1.82, 2.24) is 15.3 Å². The largest absolute Gasteiger partial charge is 0.465 e. The Hall–Kier alpha value is -2.71. The van der Waals surface area contributed by atoms with Crippen molar-refractivity contribution in [2.24, 2.45) is 0 Å². The minimum Gasteiger partial charge on any atom is -0.465 e. The van der Waals surface area contributed by atoms with Crippen LogP contribution in [0.15, 0.2) is 12.4 Å². The van der Waals surface area contributed by atoms with Crippen LogP contribution in [-0.4, -0.2) is 48.2 Å². The van der Waals surface area contributed by atoms with Crippen molar-refractivity contribution in [2.45, 2.75) is 6.92 Å². The number of rotatable bonds is 5. The van der Waals surface area contributed by atoms with Gasteiger partial charge in [-0.1, -0.05) is 0 Å². The summed E-state index contributed by atoms with van der Waals surface area (Å²) in [6, 6.07) is -0.719. The summed E-state index contributed by atoms with van der Waals surface area (Å²) in [4.78, 5) is 41.5. The molecule has 1 heterocycles. The van der Waals surface area contributed by atoms with E-state index in [9.17, 15) is 14.4 Å². The Morgan fingerprint density at radius 1 is 1.25 bits per heavy atom. The highest BCUT2D eigenvalue weighted by Gasteiger charge is 2.16. The summed E-state index contributed by atoms with van der Waals surface area (Å²) in [6.45, 7) is 1.58. The monoisotopic (exact) mass is 282 g/mol. The van der Waals surface area contributed by atoms with E-state index in [4.69, 9.17) is 0 Å². The lowest BCUT2D eigenvalue weighted by molar-refractivity contribution is -0.141. The van der Waals surface area contributed by atoms with Crippen molar-refractivity contribution in [3.8, 4) is 0 Å². The number of esters is 2. The predicted octanol–water partition coefficient (Wildman–Crippen LogP) is -0.0522. The normalized spacial score (nSPS) is 9.50. The standard InChI is InChI=1S/C11H14N4O5/c1-3-20-7(16)6-14-11(18)15-9-8(10(17)19-2)12-4-5-13-9/h4-5H,3,6H2,1-2H3,(H2,13,14,15,18). The van der Waals surface area contributed by atoms with E-state index in [1.807, 2.05) is 0 Å². The van der Waals surface area contributed by atoms with Crippen LogP contribution in [0, 0.1) is 0 Å². The Balaban J connectivity index is 2.62. The van der Waals surface area contributed by atoms with Gasteiger partial charge in [0.2, 0.25) is 0 Å². The van der Waals surface area contributed by atoms with Crippen molar-refractivity contribution < 1.29 is 23.9 Å². The van der Waals surface area contributed by atoms with Gasteiger partial charge in [-0.3, -0.25) is 10.1 Å². The molecule has 0 fully saturated rings. The van der Waals surface area contributed by atoms with Crippen LogP contribution in [-0.2, 0) is 14.3 Å². The van der Waals surface area contributed by atoms with Gasteiger partial charge in [0.15, 0.2) is 11.5 Å². The van der Waals surface area contributed by atoms with E-state index >= 15 is 0 Å². The Kier molecular flexibility index (Phi) is 5.88. The maximum absolute atomic E-state index is 11.5. The average molecular weight is 282 g/mol. The van der Waals surface area contributed by atoms with Crippen LogP contribution in [0.3, 0.4) is 0 Å². The van der Waals surface area contributed by atoms with E-state index in [0.717, 1.165) is 0 Å². The lowest BCUT2D eigenvalue weighted by Crippen LogP contribution is -2.34. The van der Waals surface area contributed by atoms with Gasteiger partial charge in [-0.15, -0.1) is 0 Å². The fourth-order valence-corrected chi connectivity index (χ4v) is 1.19. The maximum atomic E-state index is 11.5. The minimum atomic E-state index is -0.737. The van der Waals surface area contributed by atoms with Crippen molar-refractivity contribution in [3.63, 3.8) is 0 Å². The lowest BCUT2D eigenvalue weighted by Gasteiger charge is -2.08. The zero-order valence-corrected chi connectivity index (χ0v) is 11.0. The van der Waals surface area contributed by atoms with E-state index in [0.29, 0.717) is 0 Å². The van der Waals surface area contributed by atoms with E-state index in [-0.39, 0.29) is 24.7 Å². The number of aromatic nitrogens is 2. The molecule has 2 N–H and O–H groups in total. The molecular formula is C11H14N4O5. The summed E-state index contributed by atoms with van der Waals surface area (Å²) < 4.78 is 9.14. The quantitative estimate of drug-likeness (QED) is 0.726. The summed E-state index contributed by atoms with van der Waals surface area (Å²) >= 11 is 0. The molecule has 0 saturated carbocycles. The summed E-state index contributed by atoms with van der Waals surface area (Å²) in [6.07, 6.45) is 2.58. The lowest BCUT2D eigenvalue weighted by atomic mass is 10.4. The maximum Gasteiger partial charge on any atom is 0.360 e. The van der Waals surface area contributed by atoms with Crippen LogP contribution in [0.5, 0.6) is 0 Å². The SMILES string of the molecule is CCOC(=O)CNC(=O)Nc1nccnc1C(=O)OC. The number of hydrogen-bond donors (Lipinski definition) is 2. The highest BCUT2D eigenvalue weighted by atomic mass is 16.5. The molecule has 0 saturated heterocycles. The van der Waals surface area contributed by atoms with Gasteiger partial charge >= 0.3 is 18.0 Å². The number of urea groups is 1. The van der Waals surface area contributed by atoms with Gasteiger partial charge < -0.3 is 14.8 Å². The van der Waals surface area contributed by atoms with Crippen LogP contribution in [0.2, 0.25) is 0 Å². The molecule has 2 amide bonds. The molecule has 0 bridgehead atoms. The first-order chi connectivity index (χ1) is 9.58. The second kappa shape index (κ2) is 7.67. The number of anilines is 1. The molecule has 0 aliphatic carbocycles. The van der Waals surface area contributed by atoms with Gasteiger partial charge in [-0.05, 0) is 6.92 Å². The molecule has 0 aliphatic heterocycles. The molecule has 1 rings (SSSR count). The zero-order valence-electron chi connectivity index (χ0n) is 11.0. The summed E-state index contributed by atoms with van der Waals surface area (Å²) in [5.74, 6) is -1.38. The third kappa shape index (κ3) is 4.52. The molecule has 0 radical (unpaired) electrons. The number of carbonyl (C=O) groups excluding carboxylic acids is 3. The Labute approximate surface area is 114 Å². The second-order valence-electron chi connectivity index (χ2n) is 3.36. The number of nitrogens with one attached hydrogen (secondary N) is 2. The van der Waals surface area contributed by atoms with Gasteiger partial charge in [0.1, 0.15) is 6.54 Å². The van der Waals surface area contributed by atoms with Crippen LogP contribution >= 0.6 is 0 Å². The summed E-state index contributed by atoms with van der Waals surface area (Å²) in [7, 11) is 1.18. The molecule has 0 aliphatic rings. The molecule has 20 heavy (non-hydrogen) atoms. The number of hydrogen-bond acceptors (Lipinski definition) is 7. The molecule has 0 unspecified atom stereocenters. The number of carbonyl (C=O) groups is 3. The topological polar surface area (TPSA) is 120 Å². The second-order valence-corrected chi connectivity index (χ2v) is 3.36. The molecule has 1 aromatic rings. The minimum absolute atomic E-state index is 0.0688. The van der Waals surface area contributed by atoms with E-state index in [1.54, 1.807) is 6.92 Å². The Morgan fingerprint density at radius 3 is 2.60 bits per heavy atom. The zero-order chi connectivity index (χ0) is 15.0. The van der Waals surface area contributed by atoms with Crippen molar-refractivity contribution in [1.29, 1.82) is 0 Å². The fourth-order valence-electron chi connectivity index (χ4n) is 1.19. The van der Waals surface area contributed by atoms with Crippen LogP contribution in [0.1, 0.15) is 17.4 Å². The van der Waals surface area contributed by atoms with Gasteiger partial charge in [0.25, 0.3) is 0 Å². The average Bonchev–Trinajstić information content (AvgIpc) is 2.45. The van der Waals surface area contributed by atoms with E-state index in [2.05, 4.69) is 30.1 Å². The fraction of sp³-hybridized carbons (Fsp3) is 0.364.